The van der Waals surface area contributed by atoms with Gasteiger partial charge in [-0.2, -0.15) is 4.31 Å². The summed E-state index contributed by atoms with van der Waals surface area (Å²) in [6.45, 7) is 6.10. The van der Waals surface area contributed by atoms with Crippen LogP contribution in [0.2, 0.25) is 0 Å². The third-order valence-corrected chi connectivity index (χ3v) is 7.69. The second kappa shape index (κ2) is 9.80. The molecule has 0 radical (unpaired) electrons. The molecule has 3 rings (SSSR count). The van der Waals surface area contributed by atoms with Crippen LogP contribution in [0.15, 0.2) is 41.3 Å². The highest BCUT2D eigenvalue weighted by Crippen LogP contribution is 2.25. The molecule has 0 atom stereocenters. The highest BCUT2D eigenvalue weighted by Gasteiger charge is 2.29. The van der Waals surface area contributed by atoms with Crippen LogP contribution in [-0.2, 0) is 21.2 Å². The van der Waals surface area contributed by atoms with Crippen LogP contribution >= 0.6 is 0 Å². The summed E-state index contributed by atoms with van der Waals surface area (Å²) in [5.41, 5.74) is 3.24. The lowest BCUT2D eigenvalue weighted by molar-refractivity contribution is -0.116. The van der Waals surface area contributed by atoms with Gasteiger partial charge in [0.2, 0.25) is 15.9 Å². The summed E-state index contributed by atoms with van der Waals surface area (Å²) in [6.07, 6.45) is 0.898. The van der Waals surface area contributed by atoms with Gasteiger partial charge in [0, 0.05) is 38.3 Å². The molecule has 0 aliphatic carbocycles. The molecule has 1 aliphatic rings. The minimum Gasteiger partial charge on any atom is -0.496 e. The highest BCUT2D eigenvalue weighted by molar-refractivity contribution is 7.89. The molecule has 1 amide bonds. The summed E-state index contributed by atoms with van der Waals surface area (Å²) < 4.78 is 33.1. The number of rotatable bonds is 7. The van der Waals surface area contributed by atoms with Crippen LogP contribution in [-0.4, -0.2) is 63.9 Å². The van der Waals surface area contributed by atoms with E-state index in [1.165, 1.54) is 4.31 Å². The minimum absolute atomic E-state index is 0.153. The first-order valence-electron chi connectivity index (χ1n) is 10.4. The smallest absolute Gasteiger partial charge is 0.243 e. The van der Waals surface area contributed by atoms with Gasteiger partial charge in [-0.15, -0.1) is 0 Å². The summed E-state index contributed by atoms with van der Waals surface area (Å²) in [4.78, 5) is 14.8. The molecule has 1 aliphatic heterocycles. The fraction of sp³-hybridized carbons (Fsp3) is 0.435. The average Bonchev–Trinajstić information content (AvgIpc) is 2.74. The van der Waals surface area contributed by atoms with Gasteiger partial charge in [-0.1, -0.05) is 18.2 Å². The summed E-state index contributed by atoms with van der Waals surface area (Å²) in [7, 11) is 0.0213. The lowest BCUT2D eigenvalue weighted by Gasteiger charge is -2.32. The Kier molecular flexibility index (Phi) is 7.35. The average molecular weight is 446 g/mol. The van der Waals surface area contributed by atoms with Gasteiger partial charge < -0.3 is 15.0 Å². The van der Waals surface area contributed by atoms with E-state index in [-0.39, 0.29) is 10.8 Å². The standard InChI is InChI=1S/C23H31N3O4S/c1-17-5-8-20(16-22(17)31(28,29)26-13-11-25(3)12-14-26)24-23(27)10-7-19-6-9-21(30-4)18(2)15-19/h5-6,8-9,15-16H,7,10-14H2,1-4H3,(H,24,27). The summed E-state index contributed by atoms with van der Waals surface area (Å²) in [5, 5.41) is 2.84. The molecule has 2 aromatic carbocycles. The molecule has 1 N–H and O–H groups in total. The highest BCUT2D eigenvalue weighted by atomic mass is 32.2. The van der Waals surface area contributed by atoms with E-state index >= 15 is 0 Å². The first-order chi connectivity index (χ1) is 14.7. The van der Waals surface area contributed by atoms with Crippen molar-refractivity contribution in [1.29, 1.82) is 0 Å². The number of hydrogen-bond acceptors (Lipinski definition) is 5. The van der Waals surface area contributed by atoms with E-state index in [4.69, 9.17) is 4.74 Å². The molecule has 0 bridgehead atoms. The van der Waals surface area contributed by atoms with Gasteiger partial charge in [0.05, 0.1) is 12.0 Å². The Morgan fingerprint density at radius 3 is 2.39 bits per heavy atom. The zero-order valence-corrected chi connectivity index (χ0v) is 19.5. The van der Waals surface area contributed by atoms with E-state index in [0.29, 0.717) is 50.3 Å². The Balaban J connectivity index is 1.67. The Bertz CT molecular complexity index is 1040. The van der Waals surface area contributed by atoms with E-state index in [1.807, 2.05) is 32.2 Å². The van der Waals surface area contributed by atoms with Gasteiger partial charge in [0.1, 0.15) is 5.75 Å². The van der Waals surface area contributed by atoms with Crippen molar-refractivity contribution in [1.82, 2.24) is 9.21 Å². The minimum atomic E-state index is -3.60. The van der Waals surface area contributed by atoms with Gasteiger partial charge in [-0.25, -0.2) is 8.42 Å². The topological polar surface area (TPSA) is 78.9 Å². The molecule has 8 heteroatoms. The van der Waals surface area contributed by atoms with E-state index < -0.39 is 10.0 Å². The molecule has 168 valence electrons. The lowest BCUT2D eigenvalue weighted by atomic mass is 10.1. The largest absolute Gasteiger partial charge is 0.496 e. The van der Waals surface area contributed by atoms with Crippen molar-refractivity contribution >= 4 is 21.6 Å². The van der Waals surface area contributed by atoms with Crippen molar-refractivity contribution in [2.75, 3.05) is 45.7 Å². The van der Waals surface area contributed by atoms with Crippen LogP contribution in [0.3, 0.4) is 0 Å². The summed E-state index contributed by atoms with van der Waals surface area (Å²) in [5.74, 6) is 0.669. The molecule has 1 saturated heterocycles. The summed E-state index contributed by atoms with van der Waals surface area (Å²) >= 11 is 0. The molecule has 0 spiro atoms. The van der Waals surface area contributed by atoms with Crippen LogP contribution < -0.4 is 10.1 Å². The Labute approximate surface area is 185 Å². The van der Waals surface area contributed by atoms with E-state index in [9.17, 15) is 13.2 Å². The van der Waals surface area contributed by atoms with Crippen LogP contribution in [0, 0.1) is 13.8 Å². The number of ether oxygens (including phenoxy) is 1. The number of methoxy groups -OCH3 is 1. The zero-order valence-electron chi connectivity index (χ0n) is 18.6. The lowest BCUT2D eigenvalue weighted by Crippen LogP contribution is -2.47. The third-order valence-electron chi connectivity index (χ3n) is 5.65. The fourth-order valence-electron chi connectivity index (χ4n) is 3.70. The van der Waals surface area contributed by atoms with Crippen LogP contribution in [0.4, 0.5) is 5.69 Å². The van der Waals surface area contributed by atoms with Gasteiger partial charge in [-0.05, 0) is 62.2 Å². The molecular formula is C23H31N3O4S. The number of carbonyl (C=O) groups excluding carboxylic acids is 1. The van der Waals surface area contributed by atoms with E-state index in [1.54, 1.807) is 32.2 Å². The second-order valence-electron chi connectivity index (χ2n) is 8.04. The first-order valence-corrected chi connectivity index (χ1v) is 11.9. The van der Waals surface area contributed by atoms with E-state index in [0.717, 1.165) is 16.9 Å². The predicted molar refractivity (Wildman–Crippen MR) is 122 cm³/mol. The Hall–Kier alpha value is -2.42. The quantitative estimate of drug-likeness (QED) is 0.709. The zero-order chi connectivity index (χ0) is 22.6. The SMILES string of the molecule is COc1ccc(CCC(=O)Nc2ccc(C)c(S(=O)(=O)N3CCN(C)CC3)c2)cc1C. The fourth-order valence-corrected chi connectivity index (χ4v) is 5.37. The molecule has 0 saturated carbocycles. The van der Waals surface area contributed by atoms with Crippen molar-refractivity contribution in [3.63, 3.8) is 0 Å². The number of sulfonamides is 1. The van der Waals surface area contributed by atoms with Gasteiger partial charge >= 0.3 is 0 Å². The van der Waals surface area contributed by atoms with Crippen molar-refractivity contribution in [2.45, 2.75) is 31.6 Å². The van der Waals surface area contributed by atoms with Gasteiger partial charge in [0.25, 0.3) is 0 Å². The normalized spacial score (nSPS) is 15.6. The number of carbonyl (C=O) groups is 1. The molecule has 1 heterocycles. The first kappa shape index (κ1) is 23.2. The second-order valence-corrected chi connectivity index (χ2v) is 9.95. The van der Waals surface area contributed by atoms with Crippen molar-refractivity contribution in [3.05, 3.63) is 53.1 Å². The number of amides is 1. The van der Waals surface area contributed by atoms with Crippen LogP contribution in [0.25, 0.3) is 0 Å². The van der Waals surface area contributed by atoms with Crippen LogP contribution in [0.1, 0.15) is 23.1 Å². The van der Waals surface area contributed by atoms with Crippen LogP contribution in [0.5, 0.6) is 5.75 Å². The molecule has 7 nitrogen and oxygen atoms in total. The maximum atomic E-state index is 13.1. The number of hydrogen-bond donors (Lipinski definition) is 1. The van der Waals surface area contributed by atoms with Crippen molar-refractivity contribution < 1.29 is 17.9 Å². The number of aryl methyl sites for hydroxylation is 3. The van der Waals surface area contributed by atoms with Gasteiger partial charge in [0.15, 0.2) is 0 Å². The molecule has 31 heavy (non-hydrogen) atoms. The van der Waals surface area contributed by atoms with Crippen molar-refractivity contribution in [3.8, 4) is 5.75 Å². The Morgan fingerprint density at radius 2 is 1.74 bits per heavy atom. The number of piperazine rings is 1. The molecule has 0 aromatic heterocycles. The molecule has 0 unspecified atom stereocenters. The number of nitrogens with one attached hydrogen (secondary N) is 1. The molecule has 1 fully saturated rings. The predicted octanol–water partition coefficient (Wildman–Crippen LogP) is 2.82. The number of anilines is 1. The molecule has 2 aromatic rings. The Morgan fingerprint density at radius 1 is 1.03 bits per heavy atom. The van der Waals surface area contributed by atoms with Gasteiger partial charge in [-0.3, -0.25) is 4.79 Å². The third kappa shape index (κ3) is 5.64. The van der Waals surface area contributed by atoms with Crippen molar-refractivity contribution in [2.24, 2.45) is 0 Å². The molecular weight excluding hydrogens is 414 g/mol. The maximum Gasteiger partial charge on any atom is 0.243 e. The number of likely N-dealkylation sites (N-methyl/N-ethyl adjacent to an activating group) is 1. The maximum absolute atomic E-state index is 13.1. The van der Waals surface area contributed by atoms with E-state index in [2.05, 4.69) is 10.2 Å². The monoisotopic (exact) mass is 445 g/mol. The number of nitrogens with zero attached hydrogens (tertiary/aromatic N) is 2. The summed E-state index contributed by atoms with van der Waals surface area (Å²) in [6, 6.07) is 10.9. The number of benzene rings is 2.